The monoisotopic (exact) mass is 620 g/mol. The summed E-state index contributed by atoms with van der Waals surface area (Å²) in [5.41, 5.74) is 2.78. The van der Waals surface area contributed by atoms with E-state index in [-0.39, 0.29) is 17.8 Å². The highest BCUT2D eigenvalue weighted by molar-refractivity contribution is 6.01. The molecule has 3 aromatic carbocycles. The summed E-state index contributed by atoms with van der Waals surface area (Å²) >= 11 is 0. The molecule has 5 heterocycles. The van der Waals surface area contributed by atoms with Crippen LogP contribution in [-0.4, -0.2) is 95.3 Å². The molecular formula is C37H44N6O3. The predicted octanol–water partition coefficient (Wildman–Crippen LogP) is 5.20. The third kappa shape index (κ3) is 5.64. The fourth-order valence-electron chi connectivity index (χ4n) is 8.33. The van der Waals surface area contributed by atoms with Gasteiger partial charge in [-0.25, -0.2) is 0 Å². The lowest BCUT2D eigenvalue weighted by Crippen LogP contribution is -2.56. The number of likely N-dealkylation sites (tertiary alicyclic amines) is 2. The molecule has 4 fully saturated rings. The number of phenols is 1. The number of piperidine rings is 1. The number of benzene rings is 3. The second-order valence-corrected chi connectivity index (χ2v) is 13.9. The lowest BCUT2D eigenvalue weighted by atomic mass is 9.94. The van der Waals surface area contributed by atoms with Gasteiger partial charge in [-0.3, -0.25) is 4.79 Å². The predicted molar refractivity (Wildman–Crippen MR) is 181 cm³/mol. The first-order chi connectivity index (χ1) is 22.5. The average Bonchev–Trinajstić information content (AvgIpc) is 3.60. The van der Waals surface area contributed by atoms with Crippen molar-refractivity contribution in [2.24, 2.45) is 5.92 Å². The summed E-state index contributed by atoms with van der Waals surface area (Å²) in [6.45, 7) is 5.16. The molecule has 1 amide bonds. The van der Waals surface area contributed by atoms with Gasteiger partial charge in [0.1, 0.15) is 18.2 Å². The second kappa shape index (κ2) is 12.3. The fraction of sp³-hybridized carbons (Fsp3) is 0.486. The molecule has 9 nitrogen and oxygen atoms in total. The molecule has 3 atom stereocenters. The molecule has 4 aliphatic heterocycles. The van der Waals surface area contributed by atoms with E-state index in [2.05, 4.69) is 51.3 Å². The van der Waals surface area contributed by atoms with Crippen LogP contribution in [0.15, 0.2) is 54.6 Å². The van der Waals surface area contributed by atoms with Crippen molar-refractivity contribution in [2.45, 2.75) is 63.1 Å². The first-order valence-electron chi connectivity index (χ1n) is 17.1. The Bertz CT molecular complexity index is 1740. The number of aromatic hydroxyl groups is 1. The van der Waals surface area contributed by atoms with Gasteiger partial charge in [0.25, 0.3) is 0 Å². The minimum absolute atomic E-state index is 0.220. The van der Waals surface area contributed by atoms with E-state index >= 15 is 0 Å². The Kier molecular flexibility index (Phi) is 7.90. The molecule has 8 rings (SSSR count). The van der Waals surface area contributed by atoms with Crippen molar-refractivity contribution >= 4 is 33.4 Å². The third-order valence-electron chi connectivity index (χ3n) is 10.9. The van der Waals surface area contributed by atoms with E-state index in [1.165, 1.54) is 6.42 Å². The molecule has 2 unspecified atom stereocenters. The normalized spacial score (nSPS) is 23.9. The van der Waals surface area contributed by atoms with Crippen LogP contribution in [0.1, 0.15) is 44.9 Å². The number of likely N-dealkylation sites (N-methyl/N-ethyl adjacent to an activating group) is 1. The van der Waals surface area contributed by atoms with Gasteiger partial charge in [0.2, 0.25) is 5.91 Å². The third-order valence-corrected chi connectivity index (χ3v) is 10.9. The molecule has 2 bridgehead atoms. The Hall–Kier alpha value is -3.95. The number of rotatable bonds is 7. The van der Waals surface area contributed by atoms with Crippen LogP contribution in [0, 0.1) is 5.92 Å². The standard InChI is InChI=1S/C37H44N6O3/c1-41-16-4-6-29(41)23-46-37-39-34-19-26(33-20-30(44)18-25-5-2-3-7-31(25)33)8-11-32(34)36(40-37)43-27-9-10-28(43)22-42(21-27)35(45)17-24-12-14-38-15-13-24/h2-3,5,7-8,11,18-20,24,27-29,38,44H,4,6,9-10,12-17,21-23H2,1H3/t27?,28?,29-/m0/s1. The summed E-state index contributed by atoms with van der Waals surface area (Å²) < 4.78 is 6.37. The van der Waals surface area contributed by atoms with Crippen LogP contribution in [0.2, 0.25) is 0 Å². The van der Waals surface area contributed by atoms with Crippen LogP contribution in [-0.2, 0) is 4.79 Å². The van der Waals surface area contributed by atoms with Crippen molar-refractivity contribution < 1.29 is 14.6 Å². The molecule has 4 aromatic rings. The number of fused-ring (bicyclic) bond motifs is 4. The van der Waals surface area contributed by atoms with Gasteiger partial charge < -0.3 is 29.9 Å². The fourth-order valence-corrected chi connectivity index (χ4v) is 8.33. The number of anilines is 1. The van der Waals surface area contributed by atoms with Crippen molar-refractivity contribution in [3.05, 3.63) is 54.6 Å². The van der Waals surface area contributed by atoms with E-state index in [4.69, 9.17) is 14.7 Å². The summed E-state index contributed by atoms with van der Waals surface area (Å²) in [5, 5.41) is 17.1. The van der Waals surface area contributed by atoms with Gasteiger partial charge in [-0.2, -0.15) is 9.97 Å². The first kappa shape index (κ1) is 29.5. The zero-order chi connectivity index (χ0) is 31.2. The zero-order valence-corrected chi connectivity index (χ0v) is 26.7. The largest absolute Gasteiger partial charge is 0.508 e. The van der Waals surface area contributed by atoms with E-state index in [1.807, 2.05) is 24.3 Å². The lowest BCUT2D eigenvalue weighted by molar-refractivity contribution is -0.133. The minimum atomic E-state index is 0.220. The smallest absolute Gasteiger partial charge is 0.319 e. The van der Waals surface area contributed by atoms with E-state index < -0.39 is 0 Å². The second-order valence-electron chi connectivity index (χ2n) is 13.9. The molecule has 9 heteroatoms. The average molecular weight is 621 g/mol. The molecule has 46 heavy (non-hydrogen) atoms. The van der Waals surface area contributed by atoms with Crippen LogP contribution >= 0.6 is 0 Å². The van der Waals surface area contributed by atoms with Gasteiger partial charge in [-0.1, -0.05) is 30.3 Å². The summed E-state index contributed by atoms with van der Waals surface area (Å²) in [7, 11) is 2.16. The molecule has 240 valence electrons. The van der Waals surface area contributed by atoms with E-state index in [9.17, 15) is 9.90 Å². The quantitative estimate of drug-likeness (QED) is 0.291. The molecule has 4 aliphatic rings. The van der Waals surface area contributed by atoms with Gasteiger partial charge in [0.05, 0.1) is 5.52 Å². The van der Waals surface area contributed by atoms with Crippen molar-refractivity contribution in [1.82, 2.24) is 25.1 Å². The van der Waals surface area contributed by atoms with Crippen molar-refractivity contribution in [1.29, 1.82) is 0 Å². The number of carbonyl (C=O) groups is 1. The number of aromatic nitrogens is 2. The lowest BCUT2D eigenvalue weighted by Gasteiger charge is -2.42. The van der Waals surface area contributed by atoms with E-state index in [0.29, 0.717) is 36.9 Å². The number of piperazine rings is 1. The van der Waals surface area contributed by atoms with Gasteiger partial charge in [-0.05, 0) is 117 Å². The highest BCUT2D eigenvalue weighted by atomic mass is 16.5. The first-order valence-corrected chi connectivity index (χ1v) is 17.1. The topological polar surface area (TPSA) is 94.1 Å². The molecule has 0 radical (unpaired) electrons. The number of hydrogen-bond donors (Lipinski definition) is 2. The summed E-state index contributed by atoms with van der Waals surface area (Å²) in [6, 6.07) is 19.3. The Morgan fingerprint density at radius 2 is 1.76 bits per heavy atom. The number of amides is 1. The SMILES string of the molecule is CN1CCC[C@H]1COc1nc(N2C3CCC2CN(C(=O)CC2CCNCC2)C3)c2ccc(-c3cc(O)cc4ccccc34)cc2n1. The summed E-state index contributed by atoms with van der Waals surface area (Å²) in [6.07, 6.45) is 7.23. The van der Waals surface area contributed by atoms with Crippen LogP contribution in [0.4, 0.5) is 5.82 Å². The molecule has 0 saturated carbocycles. The Morgan fingerprint density at radius 3 is 2.54 bits per heavy atom. The van der Waals surface area contributed by atoms with Gasteiger partial charge >= 0.3 is 6.01 Å². The zero-order valence-electron chi connectivity index (χ0n) is 26.7. The van der Waals surface area contributed by atoms with E-state index in [1.54, 1.807) is 6.07 Å². The van der Waals surface area contributed by atoms with Gasteiger partial charge in [-0.15, -0.1) is 0 Å². The van der Waals surface area contributed by atoms with Crippen molar-refractivity contribution in [3.8, 4) is 22.9 Å². The molecule has 0 spiro atoms. The van der Waals surface area contributed by atoms with E-state index in [0.717, 1.165) is 103 Å². The van der Waals surface area contributed by atoms with Crippen LogP contribution in [0.25, 0.3) is 32.8 Å². The molecule has 1 aromatic heterocycles. The highest BCUT2D eigenvalue weighted by Gasteiger charge is 2.43. The van der Waals surface area contributed by atoms with Crippen LogP contribution in [0.5, 0.6) is 11.8 Å². The van der Waals surface area contributed by atoms with Crippen molar-refractivity contribution in [3.63, 3.8) is 0 Å². The summed E-state index contributed by atoms with van der Waals surface area (Å²) in [4.78, 5) is 30.5. The maximum absolute atomic E-state index is 13.4. The Morgan fingerprint density at radius 1 is 0.957 bits per heavy atom. The van der Waals surface area contributed by atoms with Gasteiger partial charge in [0, 0.05) is 43.0 Å². The molecule has 4 saturated heterocycles. The number of nitrogens with zero attached hydrogens (tertiary/aromatic N) is 5. The van der Waals surface area contributed by atoms with Crippen molar-refractivity contribution in [2.75, 3.05) is 51.3 Å². The molecular weight excluding hydrogens is 576 g/mol. The Balaban J connectivity index is 1.13. The maximum atomic E-state index is 13.4. The summed E-state index contributed by atoms with van der Waals surface area (Å²) in [5.74, 6) is 1.95. The number of ether oxygens (including phenoxy) is 1. The number of carbonyl (C=O) groups excluding carboxylic acids is 1. The number of phenolic OH excluding ortho intramolecular Hbond substituents is 1. The van der Waals surface area contributed by atoms with Gasteiger partial charge in [0.15, 0.2) is 0 Å². The highest BCUT2D eigenvalue weighted by Crippen LogP contribution is 2.40. The molecule has 0 aliphatic carbocycles. The number of nitrogens with one attached hydrogen (secondary N) is 1. The maximum Gasteiger partial charge on any atom is 0.319 e. The number of hydrogen-bond acceptors (Lipinski definition) is 8. The Labute approximate surface area is 270 Å². The van der Waals surface area contributed by atoms with Crippen LogP contribution < -0.4 is 15.0 Å². The molecule has 2 N–H and O–H groups in total. The van der Waals surface area contributed by atoms with Crippen LogP contribution in [0.3, 0.4) is 0 Å². The minimum Gasteiger partial charge on any atom is -0.508 e.